The van der Waals surface area contributed by atoms with Gasteiger partial charge in [0.2, 0.25) is 10.0 Å². The van der Waals surface area contributed by atoms with Crippen LogP contribution in [0.5, 0.6) is 0 Å². The molecule has 0 aliphatic rings. The molecule has 7 nitrogen and oxygen atoms in total. The zero-order chi connectivity index (χ0) is 18.7. The topological polar surface area (TPSA) is 130 Å². The van der Waals surface area contributed by atoms with Gasteiger partial charge in [-0.3, -0.25) is 4.72 Å². The fourth-order valence-corrected chi connectivity index (χ4v) is 3.61. The van der Waals surface area contributed by atoms with Crippen LogP contribution in [0, 0.1) is 17.1 Å². The van der Waals surface area contributed by atoms with Crippen LogP contribution in [0.2, 0.25) is 0 Å². The monoisotopic (exact) mass is 381 g/mol. The number of primary sulfonamides is 1. The van der Waals surface area contributed by atoms with Gasteiger partial charge in [-0.25, -0.2) is 26.4 Å². The summed E-state index contributed by atoms with van der Waals surface area (Å²) in [6.07, 6.45) is 1.24. The number of nitrogens with one attached hydrogen (secondary N) is 1. The van der Waals surface area contributed by atoms with Gasteiger partial charge in [-0.15, -0.1) is 0 Å². The van der Waals surface area contributed by atoms with Crippen LogP contribution in [0.4, 0.5) is 10.1 Å². The Morgan fingerprint density at radius 2 is 1.72 bits per heavy atom. The van der Waals surface area contributed by atoms with Gasteiger partial charge in [0.25, 0.3) is 10.0 Å². The molecule has 10 heteroatoms. The highest BCUT2D eigenvalue weighted by atomic mass is 32.2. The summed E-state index contributed by atoms with van der Waals surface area (Å²) in [7, 11) is -8.60. The largest absolute Gasteiger partial charge is 0.279 e. The number of nitrogens with zero attached hydrogens (tertiary/aromatic N) is 1. The third-order valence-electron chi connectivity index (χ3n) is 2.98. The Hall–Kier alpha value is -2.74. The number of nitrogens with two attached hydrogens (primary N) is 1. The number of nitriles is 1. The summed E-state index contributed by atoms with van der Waals surface area (Å²) < 4.78 is 62.7. The molecule has 0 amide bonds. The molecule has 0 aromatic heterocycles. The SMILES string of the molecule is N#Cc1ccc(/C=C/S(=O)(=O)Nc2cccc(F)c2S(N)(=O)=O)cc1. The molecule has 130 valence electrons. The van der Waals surface area contributed by atoms with Gasteiger partial charge in [0, 0.05) is 0 Å². The van der Waals surface area contributed by atoms with Crippen LogP contribution in [-0.2, 0) is 20.0 Å². The number of anilines is 1. The smallest absolute Gasteiger partial charge is 0.255 e. The van der Waals surface area contributed by atoms with Crippen LogP contribution in [0.15, 0.2) is 52.8 Å². The van der Waals surface area contributed by atoms with Gasteiger partial charge >= 0.3 is 0 Å². The van der Waals surface area contributed by atoms with Gasteiger partial charge in [-0.1, -0.05) is 18.2 Å². The lowest BCUT2D eigenvalue weighted by Crippen LogP contribution is -2.19. The van der Waals surface area contributed by atoms with E-state index in [0.29, 0.717) is 11.1 Å². The molecule has 2 aromatic carbocycles. The van der Waals surface area contributed by atoms with Crippen molar-refractivity contribution in [1.29, 1.82) is 5.26 Å². The Balaban J connectivity index is 2.32. The van der Waals surface area contributed by atoms with Crippen LogP contribution in [-0.4, -0.2) is 16.8 Å². The Morgan fingerprint density at radius 1 is 1.08 bits per heavy atom. The molecule has 25 heavy (non-hydrogen) atoms. The lowest BCUT2D eigenvalue weighted by molar-refractivity contribution is 0.569. The van der Waals surface area contributed by atoms with Gasteiger partial charge in [0.15, 0.2) is 0 Å². The second-order valence-electron chi connectivity index (χ2n) is 4.85. The zero-order valence-electron chi connectivity index (χ0n) is 12.5. The number of rotatable bonds is 5. The fourth-order valence-electron chi connectivity index (χ4n) is 1.90. The van der Waals surface area contributed by atoms with Crippen molar-refractivity contribution in [3.63, 3.8) is 0 Å². The van der Waals surface area contributed by atoms with Crippen LogP contribution in [0.3, 0.4) is 0 Å². The van der Waals surface area contributed by atoms with Gasteiger partial charge in [0.1, 0.15) is 10.7 Å². The van der Waals surface area contributed by atoms with Gasteiger partial charge in [0.05, 0.1) is 22.7 Å². The van der Waals surface area contributed by atoms with Crippen molar-refractivity contribution in [3.05, 3.63) is 64.8 Å². The normalized spacial score (nSPS) is 12.0. The summed E-state index contributed by atoms with van der Waals surface area (Å²) >= 11 is 0. The van der Waals surface area contributed by atoms with E-state index in [9.17, 15) is 21.2 Å². The van der Waals surface area contributed by atoms with Crippen molar-refractivity contribution in [2.75, 3.05) is 4.72 Å². The van der Waals surface area contributed by atoms with E-state index >= 15 is 0 Å². The average Bonchev–Trinajstić information content (AvgIpc) is 2.52. The first kappa shape index (κ1) is 18.6. The minimum atomic E-state index is -4.47. The maximum atomic E-state index is 13.7. The molecule has 0 atom stereocenters. The molecule has 0 saturated heterocycles. The maximum Gasteiger partial charge on any atom is 0.255 e. The molecule has 0 radical (unpaired) electrons. The van der Waals surface area contributed by atoms with Crippen molar-refractivity contribution < 1.29 is 21.2 Å². The van der Waals surface area contributed by atoms with Crippen molar-refractivity contribution >= 4 is 31.8 Å². The Labute approximate surface area is 144 Å². The summed E-state index contributed by atoms with van der Waals surface area (Å²) in [5.74, 6) is -1.17. The minimum absolute atomic E-state index is 0.413. The number of halogens is 1. The Bertz CT molecular complexity index is 1070. The van der Waals surface area contributed by atoms with E-state index in [0.717, 1.165) is 23.6 Å². The van der Waals surface area contributed by atoms with E-state index < -0.39 is 36.4 Å². The molecule has 0 bridgehead atoms. The standard InChI is InChI=1S/C15H12FN3O4S2/c16-13-2-1-3-14(15(13)25(18,22)23)19-24(20,21)9-8-11-4-6-12(10-17)7-5-11/h1-9,19H,(H2,18,22,23)/b9-8+. The van der Waals surface area contributed by atoms with Crippen molar-refractivity contribution in [2.45, 2.75) is 4.90 Å². The average molecular weight is 381 g/mol. The van der Waals surface area contributed by atoms with Gasteiger partial charge in [-0.2, -0.15) is 5.26 Å². The minimum Gasteiger partial charge on any atom is -0.279 e. The van der Waals surface area contributed by atoms with Crippen LogP contribution < -0.4 is 9.86 Å². The predicted molar refractivity (Wildman–Crippen MR) is 90.5 cm³/mol. The van der Waals surface area contributed by atoms with E-state index in [1.165, 1.54) is 30.3 Å². The Morgan fingerprint density at radius 3 is 2.28 bits per heavy atom. The summed E-state index contributed by atoms with van der Waals surface area (Å²) in [5, 5.41) is 14.4. The highest BCUT2D eigenvalue weighted by Crippen LogP contribution is 2.24. The fraction of sp³-hybridized carbons (Fsp3) is 0. The predicted octanol–water partition coefficient (Wildman–Crippen LogP) is 1.76. The summed E-state index contributed by atoms with van der Waals surface area (Å²) in [6, 6.07) is 11.1. The van der Waals surface area contributed by atoms with Crippen molar-refractivity contribution in [3.8, 4) is 6.07 Å². The Kier molecular flexibility index (Phi) is 5.22. The number of hydrogen-bond acceptors (Lipinski definition) is 5. The number of hydrogen-bond donors (Lipinski definition) is 2. The summed E-state index contributed by atoms with van der Waals surface area (Å²) in [5.41, 5.74) is 0.415. The third kappa shape index (κ3) is 4.87. The van der Waals surface area contributed by atoms with E-state index in [1.807, 2.05) is 10.8 Å². The molecule has 0 saturated carbocycles. The molecule has 2 aromatic rings. The molecular weight excluding hydrogens is 369 g/mol. The molecule has 2 rings (SSSR count). The molecule has 0 unspecified atom stereocenters. The lowest BCUT2D eigenvalue weighted by atomic mass is 10.1. The lowest BCUT2D eigenvalue weighted by Gasteiger charge is -2.10. The molecule has 0 fully saturated rings. The molecule has 3 N–H and O–H groups in total. The highest BCUT2D eigenvalue weighted by Gasteiger charge is 2.21. The van der Waals surface area contributed by atoms with E-state index in [1.54, 1.807) is 0 Å². The third-order valence-corrected chi connectivity index (χ3v) is 4.97. The van der Waals surface area contributed by atoms with Gasteiger partial charge < -0.3 is 0 Å². The second kappa shape index (κ2) is 7.02. The molecular formula is C15H12FN3O4S2. The van der Waals surface area contributed by atoms with E-state index in [-0.39, 0.29) is 0 Å². The summed E-state index contributed by atoms with van der Waals surface area (Å²) in [6.45, 7) is 0. The van der Waals surface area contributed by atoms with Crippen molar-refractivity contribution in [2.24, 2.45) is 5.14 Å². The molecule has 0 heterocycles. The molecule has 0 aliphatic heterocycles. The van der Waals surface area contributed by atoms with Crippen LogP contribution in [0.25, 0.3) is 6.08 Å². The number of benzene rings is 2. The first-order valence-corrected chi connectivity index (χ1v) is 9.74. The summed E-state index contributed by atoms with van der Waals surface area (Å²) in [4.78, 5) is -0.939. The van der Waals surface area contributed by atoms with Crippen molar-refractivity contribution in [1.82, 2.24) is 0 Å². The first-order chi connectivity index (χ1) is 11.6. The molecule has 0 spiro atoms. The van der Waals surface area contributed by atoms with E-state index in [4.69, 9.17) is 10.4 Å². The first-order valence-electron chi connectivity index (χ1n) is 6.65. The van der Waals surface area contributed by atoms with Gasteiger partial charge in [-0.05, 0) is 35.9 Å². The second-order valence-corrected chi connectivity index (χ2v) is 7.91. The molecule has 0 aliphatic carbocycles. The number of sulfonamides is 2. The quantitative estimate of drug-likeness (QED) is 0.815. The maximum absolute atomic E-state index is 13.7. The highest BCUT2D eigenvalue weighted by molar-refractivity contribution is 7.95. The zero-order valence-corrected chi connectivity index (χ0v) is 14.2. The van der Waals surface area contributed by atoms with Crippen LogP contribution in [0.1, 0.15) is 11.1 Å². The van der Waals surface area contributed by atoms with E-state index in [2.05, 4.69) is 0 Å². The van der Waals surface area contributed by atoms with Crippen LogP contribution >= 0.6 is 0 Å².